The average Bonchev–Trinajstić information content (AvgIpc) is 3.20. The molecule has 0 bridgehead atoms. The zero-order valence-electron chi connectivity index (χ0n) is 11.8. The van der Waals surface area contributed by atoms with E-state index in [9.17, 15) is 18.0 Å². The van der Waals surface area contributed by atoms with Crippen molar-refractivity contribution >= 4 is 17.5 Å². The molecule has 0 aliphatic heterocycles. The van der Waals surface area contributed by atoms with Crippen molar-refractivity contribution in [3.05, 3.63) is 17.7 Å². The Kier molecular flexibility index (Phi) is 4.24. The Balaban J connectivity index is 2.14. The summed E-state index contributed by atoms with van der Waals surface area (Å²) in [7, 11) is 3.03. The molecule has 1 aliphatic carbocycles. The average molecular weight is 302 g/mol. The van der Waals surface area contributed by atoms with E-state index in [2.05, 4.69) is 15.6 Å². The molecular weight excluding hydrogens is 285 g/mol. The molecule has 0 radical (unpaired) electrons. The van der Waals surface area contributed by atoms with Crippen LogP contribution >= 0.6 is 0 Å². The fraction of sp³-hybridized carbons (Fsp3) is 0.538. The molecule has 1 aliphatic rings. The van der Waals surface area contributed by atoms with Crippen molar-refractivity contribution in [2.45, 2.75) is 25.1 Å². The third-order valence-corrected chi connectivity index (χ3v) is 3.11. The van der Waals surface area contributed by atoms with Gasteiger partial charge in [-0.25, -0.2) is 4.98 Å². The predicted octanol–water partition coefficient (Wildman–Crippen LogP) is 1.86. The highest BCUT2D eigenvalue weighted by Gasteiger charge is 2.32. The second kappa shape index (κ2) is 5.79. The third-order valence-electron chi connectivity index (χ3n) is 3.11. The molecule has 0 unspecified atom stereocenters. The number of amides is 1. The van der Waals surface area contributed by atoms with Crippen molar-refractivity contribution in [1.82, 2.24) is 10.3 Å². The molecule has 8 heteroatoms. The fourth-order valence-corrected chi connectivity index (χ4v) is 1.80. The third kappa shape index (κ3) is 4.24. The van der Waals surface area contributed by atoms with E-state index in [1.165, 1.54) is 19.0 Å². The number of likely N-dealkylation sites (N-methyl/N-ethyl adjacent to an activating group) is 1. The number of pyridine rings is 1. The van der Waals surface area contributed by atoms with E-state index in [0.717, 1.165) is 25.0 Å². The molecule has 1 saturated carbocycles. The zero-order chi connectivity index (χ0) is 15.6. The van der Waals surface area contributed by atoms with Crippen molar-refractivity contribution in [3.8, 4) is 0 Å². The Bertz CT molecular complexity index is 529. The van der Waals surface area contributed by atoms with Crippen LogP contribution in [0.2, 0.25) is 0 Å². The van der Waals surface area contributed by atoms with Crippen LogP contribution in [0.15, 0.2) is 12.1 Å². The molecule has 1 aromatic rings. The van der Waals surface area contributed by atoms with Crippen LogP contribution in [0.25, 0.3) is 0 Å². The normalized spacial score (nSPS) is 14.7. The Labute approximate surface area is 120 Å². The van der Waals surface area contributed by atoms with Gasteiger partial charge in [-0.2, -0.15) is 13.2 Å². The number of rotatable bonds is 5. The summed E-state index contributed by atoms with van der Waals surface area (Å²) in [6, 6.07) is 2.08. The van der Waals surface area contributed by atoms with Crippen LogP contribution in [-0.2, 0) is 11.0 Å². The molecule has 1 amide bonds. The molecule has 0 saturated heterocycles. The monoisotopic (exact) mass is 302 g/mol. The maximum absolute atomic E-state index is 12.8. The first-order valence-electron chi connectivity index (χ1n) is 6.57. The van der Waals surface area contributed by atoms with Gasteiger partial charge in [0.05, 0.1) is 12.1 Å². The van der Waals surface area contributed by atoms with Gasteiger partial charge >= 0.3 is 6.18 Å². The highest BCUT2D eigenvalue weighted by Crippen LogP contribution is 2.32. The Morgan fingerprint density at radius 1 is 1.43 bits per heavy atom. The van der Waals surface area contributed by atoms with Gasteiger partial charge in [-0.3, -0.25) is 4.79 Å². The Morgan fingerprint density at radius 2 is 2.10 bits per heavy atom. The van der Waals surface area contributed by atoms with E-state index in [-0.39, 0.29) is 30.1 Å². The van der Waals surface area contributed by atoms with Crippen LogP contribution in [-0.4, -0.2) is 37.6 Å². The van der Waals surface area contributed by atoms with E-state index >= 15 is 0 Å². The van der Waals surface area contributed by atoms with Crippen LogP contribution in [0.4, 0.5) is 24.8 Å². The number of hydrogen-bond acceptors (Lipinski definition) is 4. The van der Waals surface area contributed by atoms with Crippen LogP contribution < -0.4 is 15.5 Å². The second-order valence-electron chi connectivity index (χ2n) is 5.04. The summed E-state index contributed by atoms with van der Waals surface area (Å²) in [4.78, 5) is 17.1. The number of anilines is 2. The SMILES string of the molecule is CNc1cc(C(F)(F)F)cc(N(C)CC(=O)NC2CC2)n1. The molecular formula is C13H17F3N4O. The van der Waals surface area contributed by atoms with E-state index in [1.54, 1.807) is 0 Å². The maximum Gasteiger partial charge on any atom is 0.416 e. The van der Waals surface area contributed by atoms with Gasteiger partial charge in [-0.15, -0.1) is 0 Å². The lowest BCUT2D eigenvalue weighted by Crippen LogP contribution is -2.36. The summed E-state index contributed by atoms with van der Waals surface area (Å²) in [5.41, 5.74) is -0.800. The summed E-state index contributed by atoms with van der Waals surface area (Å²) in [6.45, 7) is -0.0338. The highest BCUT2D eigenvalue weighted by molar-refractivity contribution is 5.81. The lowest BCUT2D eigenvalue weighted by Gasteiger charge is -2.20. The lowest BCUT2D eigenvalue weighted by molar-refractivity contribution is -0.137. The minimum Gasteiger partial charge on any atom is -0.373 e. The fourth-order valence-electron chi connectivity index (χ4n) is 1.80. The molecule has 2 rings (SSSR count). The van der Waals surface area contributed by atoms with Crippen molar-refractivity contribution < 1.29 is 18.0 Å². The first-order valence-corrected chi connectivity index (χ1v) is 6.57. The smallest absolute Gasteiger partial charge is 0.373 e. The minimum atomic E-state index is -4.46. The van der Waals surface area contributed by atoms with Gasteiger partial charge < -0.3 is 15.5 Å². The first-order chi connectivity index (χ1) is 9.79. The molecule has 1 heterocycles. The quantitative estimate of drug-likeness (QED) is 0.871. The standard InChI is InChI=1S/C13H17F3N4O/c1-17-10-5-8(13(14,15)16)6-11(19-10)20(2)7-12(21)18-9-3-4-9/h5-6,9H,3-4,7H2,1-2H3,(H,17,19)(H,18,21). The summed E-state index contributed by atoms with van der Waals surface area (Å²) < 4.78 is 38.5. The molecule has 0 atom stereocenters. The summed E-state index contributed by atoms with van der Waals surface area (Å²) in [5.74, 6) is -0.0142. The van der Waals surface area contributed by atoms with Gasteiger partial charge in [0.2, 0.25) is 5.91 Å². The summed E-state index contributed by atoms with van der Waals surface area (Å²) >= 11 is 0. The topological polar surface area (TPSA) is 57.3 Å². The van der Waals surface area contributed by atoms with Crippen LogP contribution in [0, 0.1) is 0 Å². The van der Waals surface area contributed by atoms with Crippen LogP contribution in [0.3, 0.4) is 0 Å². The van der Waals surface area contributed by atoms with Crippen molar-refractivity contribution in [3.63, 3.8) is 0 Å². The number of hydrogen-bond donors (Lipinski definition) is 2. The number of carbonyl (C=O) groups excluding carboxylic acids is 1. The molecule has 2 N–H and O–H groups in total. The van der Waals surface area contributed by atoms with Gasteiger partial charge in [-0.05, 0) is 25.0 Å². The molecule has 5 nitrogen and oxygen atoms in total. The summed E-state index contributed by atoms with van der Waals surface area (Å²) in [6.07, 6.45) is -2.54. The molecule has 0 spiro atoms. The molecule has 1 fully saturated rings. The van der Waals surface area contributed by atoms with Crippen LogP contribution in [0.5, 0.6) is 0 Å². The predicted molar refractivity (Wildman–Crippen MR) is 73.2 cm³/mol. The van der Waals surface area contributed by atoms with Gasteiger partial charge in [0.15, 0.2) is 0 Å². The van der Waals surface area contributed by atoms with E-state index < -0.39 is 11.7 Å². The Hall–Kier alpha value is -1.99. The largest absolute Gasteiger partial charge is 0.416 e. The van der Waals surface area contributed by atoms with Gasteiger partial charge in [0, 0.05) is 20.1 Å². The van der Waals surface area contributed by atoms with Gasteiger partial charge in [0.25, 0.3) is 0 Å². The Morgan fingerprint density at radius 3 is 2.62 bits per heavy atom. The van der Waals surface area contributed by atoms with Crippen molar-refractivity contribution in [1.29, 1.82) is 0 Å². The number of alkyl halides is 3. The maximum atomic E-state index is 12.8. The molecule has 1 aromatic heterocycles. The number of halogens is 3. The molecule has 116 valence electrons. The molecule has 0 aromatic carbocycles. The number of nitrogens with one attached hydrogen (secondary N) is 2. The van der Waals surface area contributed by atoms with Crippen molar-refractivity contribution in [2.24, 2.45) is 0 Å². The lowest BCUT2D eigenvalue weighted by atomic mass is 10.2. The second-order valence-corrected chi connectivity index (χ2v) is 5.04. The summed E-state index contributed by atoms with van der Waals surface area (Å²) in [5, 5.41) is 5.37. The van der Waals surface area contributed by atoms with Crippen LogP contribution in [0.1, 0.15) is 18.4 Å². The highest BCUT2D eigenvalue weighted by atomic mass is 19.4. The minimum absolute atomic E-state index is 0.0338. The number of aromatic nitrogens is 1. The zero-order valence-corrected chi connectivity index (χ0v) is 11.8. The van der Waals surface area contributed by atoms with E-state index in [0.29, 0.717) is 0 Å². The van der Waals surface area contributed by atoms with Gasteiger partial charge in [0.1, 0.15) is 11.6 Å². The van der Waals surface area contributed by atoms with E-state index in [1.807, 2.05) is 0 Å². The van der Waals surface area contributed by atoms with E-state index in [4.69, 9.17) is 0 Å². The number of carbonyl (C=O) groups is 1. The first kappa shape index (κ1) is 15.4. The van der Waals surface area contributed by atoms with Gasteiger partial charge in [-0.1, -0.05) is 0 Å². The number of nitrogens with zero attached hydrogens (tertiary/aromatic N) is 2. The van der Waals surface area contributed by atoms with Crippen molar-refractivity contribution in [2.75, 3.05) is 30.9 Å². The molecule has 21 heavy (non-hydrogen) atoms.